The molecular weight excluding hydrogens is 208 g/mol. The third-order valence-corrected chi connectivity index (χ3v) is 3.65. The molecule has 1 aliphatic rings. The van der Waals surface area contributed by atoms with Gasteiger partial charge in [-0.05, 0) is 44.0 Å². The molecule has 0 aromatic heterocycles. The van der Waals surface area contributed by atoms with Crippen LogP contribution in [0.25, 0.3) is 0 Å². The monoisotopic (exact) mass is 232 g/mol. The van der Waals surface area contributed by atoms with E-state index in [1.54, 1.807) is 0 Å². The first kappa shape index (κ1) is 12.6. The second-order valence-electron chi connectivity index (χ2n) is 5.06. The highest BCUT2D eigenvalue weighted by molar-refractivity contribution is 5.25. The van der Waals surface area contributed by atoms with Crippen LogP contribution in [-0.4, -0.2) is 30.6 Å². The number of nitrogens with one attached hydrogen (secondary N) is 1. The molecule has 2 heteroatoms. The molecule has 0 bridgehead atoms. The lowest BCUT2D eigenvalue weighted by Crippen LogP contribution is -2.45. The van der Waals surface area contributed by atoms with Crippen molar-refractivity contribution in [3.8, 4) is 0 Å². The summed E-state index contributed by atoms with van der Waals surface area (Å²) in [5.41, 5.74) is 2.89. The van der Waals surface area contributed by atoms with Crippen LogP contribution in [0.2, 0.25) is 0 Å². The Bertz CT molecular complexity index is 347. The Kier molecular flexibility index (Phi) is 4.57. The molecule has 1 N–H and O–H groups in total. The number of hydrogen-bond donors (Lipinski definition) is 1. The predicted octanol–water partition coefficient (Wildman–Crippen LogP) is 2.57. The van der Waals surface area contributed by atoms with Crippen molar-refractivity contribution in [2.45, 2.75) is 39.3 Å². The summed E-state index contributed by atoms with van der Waals surface area (Å²) >= 11 is 0. The van der Waals surface area contributed by atoms with E-state index in [1.807, 2.05) is 0 Å². The molecule has 94 valence electrons. The van der Waals surface area contributed by atoms with Gasteiger partial charge >= 0.3 is 0 Å². The van der Waals surface area contributed by atoms with Gasteiger partial charge in [0.25, 0.3) is 0 Å². The summed E-state index contributed by atoms with van der Waals surface area (Å²) in [5.74, 6) is 0. The van der Waals surface area contributed by atoms with Crippen LogP contribution in [-0.2, 0) is 6.54 Å². The van der Waals surface area contributed by atoms with Gasteiger partial charge < -0.3 is 5.32 Å². The van der Waals surface area contributed by atoms with Crippen LogP contribution in [0.1, 0.15) is 30.9 Å². The van der Waals surface area contributed by atoms with Crippen molar-refractivity contribution in [1.82, 2.24) is 10.2 Å². The minimum Gasteiger partial charge on any atom is -0.313 e. The molecule has 1 aromatic rings. The zero-order chi connectivity index (χ0) is 12.1. The fourth-order valence-corrected chi connectivity index (χ4v) is 2.68. The van der Waals surface area contributed by atoms with Crippen molar-refractivity contribution < 1.29 is 0 Å². The molecule has 0 amide bonds. The second kappa shape index (κ2) is 6.18. The van der Waals surface area contributed by atoms with Crippen LogP contribution >= 0.6 is 0 Å². The van der Waals surface area contributed by atoms with Crippen molar-refractivity contribution in [1.29, 1.82) is 0 Å². The number of nitrogens with zero attached hydrogens (tertiary/aromatic N) is 1. The third-order valence-electron chi connectivity index (χ3n) is 3.65. The Morgan fingerprint density at radius 2 is 2.18 bits per heavy atom. The lowest BCUT2D eigenvalue weighted by molar-refractivity contribution is 0.184. The van der Waals surface area contributed by atoms with Crippen LogP contribution in [0.3, 0.4) is 0 Å². The Hall–Kier alpha value is -0.860. The van der Waals surface area contributed by atoms with E-state index in [4.69, 9.17) is 0 Å². The topological polar surface area (TPSA) is 15.3 Å². The Balaban J connectivity index is 1.92. The van der Waals surface area contributed by atoms with Gasteiger partial charge in [0.1, 0.15) is 0 Å². The predicted molar refractivity (Wildman–Crippen MR) is 73.2 cm³/mol. The van der Waals surface area contributed by atoms with E-state index >= 15 is 0 Å². The van der Waals surface area contributed by atoms with E-state index in [-0.39, 0.29) is 0 Å². The van der Waals surface area contributed by atoms with Crippen LogP contribution in [0, 0.1) is 6.92 Å². The molecule has 1 fully saturated rings. The van der Waals surface area contributed by atoms with Crippen LogP contribution in [0.15, 0.2) is 24.3 Å². The molecule has 2 rings (SSSR count). The van der Waals surface area contributed by atoms with Gasteiger partial charge in [-0.25, -0.2) is 0 Å². The fraction of sp³-hybridized carbons (Fsp3) is 0.600. The van der Waals surface area contributed by atoms with E-state index in [9.17, 15) is 0 Å². The van der Waals surface area contributed by atoms with Crippen LogP contribution in [0.5, 0.6) is 0 Å². The van der Waals surface area contributed by atoms with Gasteiger partial charge in [-0.1, -0.05) is 31.2 Å². The molecule has 0 saturated carbocycles. The third kappa shape index (κ3) is 3.55. The first-order valence-corrected chi connectivity index (χ1v) is 6.80. The number of benzene rings is 1. The van der Waals surface area contributed by atoms with Gasteiger partial charge in [0.2, 0.25) is 0 Å². The fourth-order valence-electron chi connectivity index (χ4n) is 2.68. The van der Waals surface area contributed by atoms with Gasteiger partial charge in [0.15, 0.2) is 0 Å². The number of rotatable bonds is 4. The van der Waals surface area contributed by atoms with Gasteiger partial charge in [-0.15, -0.1) is 0 Å². The minimum atomic E-state index is 0.692. The molecule has 1 atom stereocenters. The van der Waals surface area contributed by atoms with E-state index in [1.165, 1.54) is 37.1 Å². The Morgan fingerprint density at radius 1 is 1.35 bits per heavy atom. The standard InChI is InChI=1S/C15H24N2/c1-3-16-15-9-6-10-17(12-15)11-14-8-5-4-7-13(14)2/h4-5,7-8,15-16H,3,6,9-12H2,1-2H3. The lowest BCUT2D eigenvalue weighted by Gasteiger charge is -2.33. The van der Waals surface area contributed by atoms with Crippen molar-refractivity contribution in [2.75, 3.05) is 19.6 Å². The van der Waals surface area contributed by atoms with E-state index in [0.29, 0.717) is 6.04 Å². The molecule has 17 heavy (non-hydrogen) atoms. The zero-order valence-corrected chi connectivity index (χ0v) is 11.1. The summed E-state index contributed by atoms with van der Waals surface area (Å²) < 4.78 is 0. The maximum absolute atomic E-state index is 3.57. The van der Waals surface area contributed by atoms with E-state index < -0.39 is 0 Å². The molecule has 1 saturated heterocycles. The number of aryl methyl sites for hydroxylation is 1. The highest BCUT2D eigenvalue weighted by atomic mass is 15.2. The number of hydrogen-bond acceptors (Lipinski definition) is 2. The average molecular weight is 232 g/mol. The molecule has 0 aliphatic carbocycles. The summed E-state index contributed by atoms with van der Waals surface area (Å²) in [5, 5.41) is 3.57. The molecule has 0 radical (unpaired) electrons. The Morgan fingerprint density at radius 3 is 2.94 bits per heavy atom. The smallest absolute Gasteiger partial charge is 0.0237 e. The van der Waals surface area contributed by atoms with Crippen LogP contribution < -0.4 is 5.32 Å². The highest BCUT2D eigenvalue weighted by Gasteiger charge is 2.19. The molecule has 1 unspecified atom stereocenters. The molecule has 1 aliphatic heterocycles. The quantitative estimate of drug-likeness (QED) is 0.858. The molecule has 0 spiro atoms. The van der Waals surface area contributed by atoms with Crippen LogP contribution in [0.4, 0.5) is 0 Å². The average Bonchev–Trinajstić information content (AvgIpc) is 2.33. The number of likely N-dealkylation sites (tertiary alicyclic amines) is 1. The molecule has 2 nitrogen and oxygen atoms in total. The first-order valence-electron chi connectivity index (χ1n) is 6.80. The largest absolute Gasteiger partial charge is 0.313 e. The second-order valence-corrected chi connectivity index (χ2v) is 5.06. The highest BCUT2D eigenvalue weighted by Crippen LogP contribution is 2.15. The molecular formula is C15H24N2. The zero-order valence-electron chi connectivity index (χ0n) is 11.1. The number of piperidine rings is 1. The summed E-state index contributed by atoms with van der Waals surface area (Å²) in [6.07, 6.45) is 2.65. The van der Waals surface area contributed by atoms with E-state index in [0.717, 1.165) is 13.1 Å². The van der Waals surface area contributed by atoms with Gasteiger partial charge in [-0.3, -0.25) is 4.90 Å². The first-order chi connectivity index (χ1) is 8.29. The normalized spacial score (nSPS) is 21.6. The lowest BCUT2D eigenvalue weighted by atomic mass is 10.0. The Labute approximate surface area is 105 Å². The summed E-state index contributed by atoms with van der Waals surface area (Å²) in [6, 6.07) is 9.43. The van der Waals surface area contributed by atoms with E-state index in [2.05, 4.69) is 48.3 Å². The number of likely N-dealkylation sites (N-methyl/N-ethyl adjacent to an activating group) is 1. The van der Waals surface area contributed by atoms with Gasteiger partial charge in [0, 0.05) is 19.1 Å². The summed E-state index contributed by atoms with van der Waals surface area (Å²) in [4.78, 5) is 2.58. The van der Waals surface area contributed by atoms with Crippen molar-refractivity contribution in [2.24, 2.45) is 0 Å². The maximum atomic E-state index is 3.57. The van der Waals surface area contributed by atoms with Crippen molar-refractivity contribution in [3.05, 3.63) is 35.4 Å². The minimum absolute atomic E-state index is 0.692. The van der Waals surface area contributed by atoms with Crippen molar-refractivity contribution in [3.63, 3.8) is 0 Å². The summed E-state index contributed by atoms with van der Waals surface area (Å²) in [7, 11) is 0. The van der Waals surface area contributed by atoms with Gasteiger partial charge in [0.05, 0.1) is 0 Å². The molecule has 1 heterocycles. The van der Waals surface area contributed by atoms with Crippen molar-refractivity contribution >= 4 is 0 Å². The summed E-state index contributed by atoms with van der Waals surface area (Å²) in [6.45, 7) is 9.04. The molecule has 1 aromatic carbocycles. The van der Waals surface area contributed by atoms with Gasteiger partial charge in [-0.2, -0.15) is 0 Å². The maximum Gasteiger partial charge on any atom is 0.0237 e. The SMILES string of the molecule is CCNC1CCCN(Cc2ccccc2C)C1.